The first-order valence-electron chi connectivity index (χ1n) is 6.85. The maximum absolute atomic E-state index is 12.1. The molecule has 0 aliphatic carbocycles. The van der Waals surface area contributed by atoms with E-state index in [1.165, 1.54) is 29.2 Å². The zero-order valence-corrected chi connectivity index (χ0v) is 11.9. The van der Waals surface area contributed by atoms with Gasteiger partial charge in [0.15, 0.2) is 0 Å². The number of amides is 1. The van der Waals surface area contributed by atoms with Gasteiger partial charge in [0.2, 0.25) is 0 Å². The number of benzene rings is 1. The molecule has 1 fully saturated rings. The zero-order chi connectivity index (χ0) is 16.3. The van der Waals surface area contributed by atoms with Crippen LogP contribution in [0.2, 0.25) is 0 Å². The van der Waals surface area contributed by atoms with Gasteiger partial charge in [-0.2, -0.15) is 0 Å². The summed E-state index contributed by atoms with van der Waals surface area (Å²) in [7, 11) is 0. The highest BCUT2D eigenvalue weighted by atomic mass is 19.4. The van der Waals surface area contributed by atoms with Crippen molar-refractivity contribution < 1.29 is 27.8 Å². The second kappa shape index (κ2) is 6.33. The Hall–Kier alpha value is -2.12. The van der Waals surface area contributed by atoms with Crippen molar-refractivity contribution in [3.63, 3.8) is 0 Å². The lowest BCUT2D eigenvalue weighted by Gasteiger charge is -2.36. The number of likely N-dealkylation sites (tertiary alicyclic amines) is 1. The van der Waals surface area contributed by atoms with Crippen LogP contribution in [0.4, 0.5) is 23.7 Å². The van der Waals surface area contributed by atoms with Gasteiger partial charge in [-0.1, -0.05) is 6.92 Å². The third kappa shape index (κ3) is 4.44. The van der Waals surface area contributed by atoms with Gasteiger partial charge in [-0.3, -0.25) is 0 Å². The summed E-state index contributed by atoms with van der Waals surface area (Å²) >= 11 is 0. The molecule has 2 rings (SSSR count). The van der Waals surface area contributed by atoms with Crippen LogP contribution >= 0.6 is 0 Å². The Bertz CT molecular complexity index is 519. The fourth-order valence-electron chi connectivity index (χ4n) is 2.50. The first-order valence-corrected chi connectivity index (χ1v) is 6.85. The number of anilines is 1. The number of nitrogens with zero attached hydrogens (tertiary/aromatic N) is 1. The number of hydrogen-bond acceptors (Lipinski definition) is 3. The van der Waals surface area contributed by atoms with Crippen LogP contribution in [-0.4, -0.2) is 41.6 Å². The molecule has 2 atom stereocenters. The molecule has 1 aromatic rings. The van der Waals surface area contributed by atoms with Gasteiger partial charge >= 0.3 is 12.5 Å². The van der Waals surface area contributed by atoms with Crippen LogP contribution in [-0.2, 0) is 0 Å². The largest absolute Gasteiger partial charge is 0.573 e. The Morgan fingerprint density at radius 2 is 2.00 bits per heavy atom. The van der Waals surface area contributed by atoms with Gasteiger partial charge in [-0.15, -0.1) is 13.2 Å². The van der Waals surface area contributed by atoms with Crippen molar-refractivity contribution in [1.82, 2.24) is 4.90 Å². The molecule has 22 heavy (non-hydrogen) atoms. The lowest BCUT2D eigenvalue weighted by atomic mass is 9.94. The molecule has 0 radical (unpaired) electrons. The van der Waals surface area contributed by atoms with E-state index in [1.54, 1.807) is 0 Å². The maximum atomic E-state index is 12.1. The van der Waals surface area contributed by atoms with E-state index in [-0.39, 0.29) is 17.7 Å². The smallest absolute Gasteiger partial charge is 0.465 e. The Morgan fingerprint density at radius 3 is 2.50 bits per heavy atom. The first kappa shape index (κ1) is 16.3. The normalized spacial score (nSPS) is 22.3. The lowest BCUT2D eigenvalue weighted by molar-refractivity contribution is -0.274. The highest BCUT2D eigenvalue weighted by Crippen LogP contribution is 2.26. The second-order valence-electron chi connectivity index (χ2n) is 5.32. The summed E-state index contributed by atoms with van der Waals surface area (Å²) in [6, 6.07) is 5.58. The standard InChI is InChI=1S/C14H17F3N2O3/c1-9-8-19(13(20)21)7-6-12(9)18-10-2-4-11(5-3-10)22-14(15,16)17/h2-5,9,12,18H,6-8H2,1H3,(H,20,21)/t9-,12+/m0/s1. The fraction of sp³-hybridized carbons (Fsp3) is 0.500. The molecular weight excluding hydrogens is 301 g/mol. The number of piperidine rings is 1. The van der Waals surface area contributed by atoms with E-state index in [4.69, 9.17) is 5.11 Å². The van der Waals surface area contributed by atoms with E-state index < -0.39 is 12.5 Å². The molecule has 1 amide bonds. The number of ether oxygens (including phenoxy) is 1. The Balaban J connectivity index is 1.93. The van der Waals surface area contributed by atoms with E-state index in [0.29, 0.717) is 25.2 Å². The lowest BCUT2D eigenvalue weighted by Crippen LogP contribution is -2.47. The number of hydrogen-bond donors (Lipinski definition) is 2. The average molecular weight is 318 g/mol. The summed E-state index contributed by atoms with van der Waals surface area (Å²) in [5.74, 6) is -0.164. The van der Waals surface area contributed by atoms with E-state index in [2.05, 4.69) is 10.1 Å². The van der Waals surface area contributed by atoms with Gasteiger partial charge < -0.3 is 20.1 Å². The van der Waals surface area contributed by atoms with Gasteiger partial charge in [-0.25, -0.2) is 4.79 Å². The topological polar surface area (TPSA) is 61.8 Å². The molecule has 1 saturated heterocycles. The van der Waals surface area contributed by atoms with Crippen LogP contribution in [0.5, 0.6) is 5.75 Å². The number of carbonyl (C=O) groups is 1. The summed E-state index contributed by atoms with van der Waals surface area (Å²) in [6.07, 6.45) is -4.99. The molecule has 2 N–H and O–H groups in total. The fourth-order valence-corrected chi connectivity index (χ4v) is 2.50. The van der Waals surface area contributed by atoms with Crippen molar-refractivity contribution in [2.45, 2.75) is 25.7 Å². The van der Waals surface area contributed by atoms with E-state index in [1.807, 2.05) is 6.92 Å². The molecule has 0 saturated carbocycles. The number of halogens is 3. The summed E-state index contributed by atoms with van der Waals surface area (Å²) < 4.78 is 40.0. The summed E-state index contributed by atoms with van der Waals surface area (Å²) in [5, 5.41) is 12.2. The molecule has 0 spiro atoms. The van der Waals surface area contributed by atoms with Crippen molar-refractivity contribution in [3.8, 4) is 5.75 Å². The molecule has 1 heterocycles. The van der Waals surface area contributed by atoms with Crippen molar-refractivity contribution in [1.29, 1.82) is 0 Å². The number of nitrogens with one attached hydrogen (secondary N) is 1. The quantitative estimate of drug-likeness (QED) is 0.897. The molecule has 1 aliphatic rings. The van der Waals surface area contributed by atoms with Crippen LogP contribution in [0, 0.1) is 5.92 Å². The van der Waals surface area contributed by atoms with Crippen molar-refractivity contribution in [3.05, 3.63) is 24.3 Å². The molecule has 1 aliphatic heterocycles. The van der Waals surface area contributed by atoms with Crippen LogP contribution < -0.4 is 10.1 Å². The third-order valence-electron chi connectivity index (χ3n) is 3.62. The van der Waals surface area contributed by atoms with Gasteiger partial charge in [0.05, 0.1) is 0 Å². The average Bonchev–Trinajstić information content (AvgIpc) is 2.41. The van der Waals surface area contributed by atoms with E-state index in [0.717, 1.165) is 0 Å². The molecule has 0 unspecified atom stereocenters. The summed E-state index contributed by atoms with van der Waals surface area (Å²) in [5.41, 5.74) is 0.676. The van der Waals surface area contributed by atoms with Gasteiger partial charge in [0.25, 0.3) is 0 Å². The minimum absolute atomic E-state index is 0.0741. The SMILES string of the molecule is C[C@H]1CN(C(=O)O)CC[C@H]1Nc1ccc(OC(F)(F)F)cc1. The van der Waals surface area contributed by atoms with Crippen molar-refractivity contribution >= 4 is 11.8 Å². The predicted molar refractivity (Wildman–Crippen MR) is 73.9 cm³/mol. The Labute approximate surface area is 125 Å². The van der Waals surface area contributed by atoms with Crippen molar-refractivity contribution in [2.24, 2.45) is 5.92 Å². The summed E-state index contributed by atoms with van der Waals surface area (Å²) in [4.78, 5) is 12.3. The highest BCUT2D eigenvalue weighted by Gasteiger charge is 2.31. The highest BCUT2D eigenvalue weighted by molar-refractivity contribution is 5.65. The molecule has 0 bridgehead atoms. The monoisotopic (exact) mass is 318 g/mol. The first-order chi connectivity index (χ1) is 10.2. The molecule has 1 aromatic carbocycles. The molecular formula is C14H17F3N2O3. The van der Waals surface area contributed by atoms with E-state index in [9.17, 15) is 18.0 Å². The second-order valence-corrected chi connectivity index (χ2v) is 5.32. The number of alkyl halides is 3. The van der Waals surface area contributed by atoms with Gasteiger partial charge in [0.1, 0.15) is 5.75 Å². The summed E-state index contributed by atoms with van der Waals surface area (Å²) in [6.45, 7) is 2.81. The number of carboxylic acid groups (broad SMARTS) is 1. The minimum atomic E-state index is -4.70. The number of rotatable bonds is 3. The van der Waals surface area contributed by atoms with Crippen LogP contribution in [0.1, 0.15) is 13.3 Å². The Morgan fingerprint density at radius 1 is 1.36 bits per heavy atom. The third-order valence-corrected chi connectivity index (χ3v) is 3.62. The molecule has 0 aromatic heterocycles. The molecule has 122 valence electrons. The van der Waals surface area contributed by atoms with Crippen molar-refractivity contribution in [2.75, 3.05) is 18.4 Å². The van der Waals surface area contributed by atoms with E-state index >= 15 is 0 Å². The zero-order valence-electron chi connectivity index (χ0n) is 11.9. The molecule has 8 heteroatoms. The maximum Gasteiger partial charge on any atom is 0.573 e. The van der Waals surface area contributed by atoms with Crippen LogP contribution in [0.25, 0.3) is 0 Å². The Kier molecular flexibility index (Phi) is 4.68. The predicted octanol–water partition coefficient (Wildman–Crippen LogP) is 3.39. The van der Waals surface area contributed by atoms with Gasteiger partial charge in [0, 0.05) is 24.8 Å². The van der Waals surface area contributed by atoms with Crippen LogP contribution in [0.3, 0.4) is 0 Å². The van der Waals surface area contributed by atoms with Gasteiger partial charge in [-0.05, 0) is 36.6 Å². The van der Waals surface area contributed by atoms with Crippen LogP contribution in [0.15, 0.2) is 24.3 Å². The minimum Gasteiger partial charge on any atom is -0.465 e. The molecule has 5 nitrogen and oxygen atoms in total.